The number of hydrogen-bond acceptors (Lipinski definition) is 5. The Balaban J connectivity index is 2.12. The lowest BCUT2D eigenvalue weighted by Gasteiger charge is -2.29. The van der Waals surface area contributed by atoms with E-state index < -0.39 is 23.2 Å². The van der Waals surface area contributed by atoms with E-state index in [2.05, 4.69) is 20.5 Å². The van der Waals surface area contributed by atoms with Crippen molar-refractivity contribution in [2.45, 2.75) is 46.3 Å². The fourth-order valence-electron chi connectivity index (χ4n) is 4.02. The topological polar surface area (TPSA) is 88.5 Å². The second-order valence-electron chi connectivity index (χ2n) is 9.18. The fraction of sp³-hybridized carbons (Fsp3) is 0.522. The maximum Gasteiger partial charge on any atom is 0.272 e. The molecule has 3 rings (SSSR count). The van der Waals surface area contributed by atoms with Crippen LogP contribution in [0, 0.1) is 11.2 Å². The van der Waals surface area contributed by atoms with Crippen LogP contribution >= 0.6 is 0 Å². The van der Waals surface area contributed by atoms with Crippen LogP contribution in [0.4, 0.5) is 4.39 Å². The quantitative estimate of drug-likeness (QED) is 0.738. The van der Waals surface area contributed by atoms with Gasteiger partial charge in [-0.15, -0.1) is 0 Å². The Morgan fingerprint density at radius 2 is 1.97 bits per heavy atom. The molecule has 1 aromatic carbocycles. The molecular weight excluding hydrogens is 413 g/mol. The molecule has 1 aliphatic rings. The number of amides is 2. The predicted molar refractivity (Wildman–Crippen MR) is 120 cm³/mol. The highest BCUT2D eigenvalue weighted by atomic mass is 19.1. The average Bonchev–Trinajstić information content (AvgIpc) is 2.96. The van der Waals surface area contributed by atoms with Crippen molar-refractivity contribution in [2.75, 3.05) is 27.7 Å². The minimum atomic E-state index is -0.743. The number of carbonyl (C=O) groups is 2. The summed E-state index contributed by atoms with van der Waals surface area (Å²) in [5.41, 5.74) is 0.945. The summed E-state index contributed by atoms with van der Waals surface area (Å²) in [6.07, 6.45) is 0.856. The molecule has 1 unspecified atom stereocenters. The number of benzene rings is 1. The zero-order chi connectivity index (χ0) is 23.6. The number of methoxy groups -OCH3 is 1. The van der Waals surface area contributed by atoms with E-state index in [0.29, 0.717) is 24.5 Å². The third-order valence-corrected chi connectivity index (χ3v) is 5.69. The molecule has 1 aliphatic heterocycles. The molecule has 0 bridgehead atoms. The largest absolute Gasteiger partial charge is 0.493 e. The normalized spacial score (nSPS) is 15.5. The molecule has 8 nitrogen and oxygen atoms in total. The van der Waals surface area contributed by atoms with Crippen LogP contribution in [0.3, 0.4) is 0 Å². The first-order chi connectivity index (χ1) is 15.1. The zero-order valence-electron chi connectivity index (χ0n) is 19.6. The molecule has 32 heavy (non-hydrogen) atoms. The van der Waals surface area contributed by atoms with Crippen molar-refractivity contribution in [1.82, 2.24) is 25.1 Å². The van der Waals surface area contributed by atoms with Crippen LogP contribution < -0.4 is 15.4 Å². The van der Waals surface area contributed by atoms with E-state index >= 15 is 0 Å². The number of fused-ring (bicyclic) bond motifs is 1. The van der Waals surface area contributed by atoms with Gasteiger partial charge in [-0.3, -0.25) is 9.59 Å². The summed E-state index contributed by atoms with van der Waals surface area (Å²) >= 11 is 0. The van der Waals surface area contributed by atoms with Gasteiger partial charge in [0.1, 0.15) is 11.9 Å². The van der Waals surface area contributed by atoms with Gasteiger partial charge in [-0.2, -0.15) is 0 Å². The molecule has 2 aromatic rings. The molecule has 0 saturated carbocycles. The third kappa shape index (κ3) is 4.62. The summed E-state index contributed by atoms with van der Waals surface area (Å²) < 4.78 is 21.7. The Kier molecular flexibility index (Phi) is 6.88. The van der Waals surface area contributed by atoms with Gasteiger partial charge >= 0.3 is 0 Å². The Morgan fingerprint density at radius 3 is 2.59 bits per heavy atom. The van der Waals surface area contributed by atoms with Gasteiger partial charge in [-0.1, -0.05) is 26.8 Å². The number of para-hydroxylation sites is 1. The summed E-state index contributed by atoms with van der Waals surface area (Å²) in [7, 11) is 4.93. The van der Waals surface area contributed by atoms with Crippen LogP contribution in [-0.4, -0.2) is 60.1 Å². The van der Waals surface area contributed by atoms with Crippen LogP contribution in [0.25, 0.3) is 11.4 Å². The molecule has 0 spiro atoms. The van der Waals surface area contributed by atoms with Crippen molar-refractivity contribution < 1.29 is 18.7 Å². The van der Waals surface area contributed by atoms with E-state index in [1.165, 1.54) is 13.2 Å². The van der Waals surface area contributed by atoms with E-state index in [1.54, 1.807) is 19.2 Å². The Hall–Kier alpha value is -2.94. The highest BCUT2D eigenvalue weighted by Gasteiger charge is 2.35. The van der Waals surface area contributed by atoms with Crippen molar-refractivity contribution in [3.05, 3.63) is 35.4 Å². The number of ether oxygens (including phenoxy) is 1. The minimum absolute atomic E-state index is 0.0859. The molecule has 0 radical (unpaired) electrons. The second-order valence-corrected chi connectivity index (χ2v) is 9.18. The van der Waals surface area contributed by atoms with E-state index in [9.17, 15) is 14.0 Å². The van der Waals surface area contributed by atoms with Crippen LogP contribution in [0.1, 0.15) is 43.4 Å². The number of hydrogen-bond donors (Lipinski definition) is 2. The standard InChI is InChI=1S/C23H32FN5O3/c1-23(2,3)19(22(31)25-4)27-21(30)17-16-13-28(5)11-8-12-29(16)20(26-17)14-9-7-10-15(24)18(14)32-6/h7,9-10,19H,8,11-13H2,1-6H3,(H,25,31)(H,27,30). The number of nitrogens with zero attached hydrogens (tertiary/aromatic N) is 3. The number of carbonyl (C=O) groups excluding carboxylic acids is 2. The lowest BCUT2D eigenvalue weighted by atomic mass is 9.86. The van der Waals surface area contributed by atoms with Gasteiger partial charge in [-0.05, 0) is 37.6 Å². The number of aromatic nitrogens is 2. The Labute approximate surface area is 188 Å². The average molecular weight is 446 g/mol. The molecule has 2 N–H and O–H groups in total. The second kappa shape index (κ2) is 9.28. The molecule has 0 fully saturated rings. The lowest BCUT2D eigenvalue weighted by molar-refractivity contribution is -0.124. The maximum absolute atomic E-state index is 14.4. The molecule has 0 saturated heterocycles. The molecule has 1 aromatic heterocycles. The minimum Gasteiger partial charge on any atom is -0.493 e. The van der Waals surface area contributed by atoms with E-state index in [1.807, 2.05) is 32.4 Å². The van der Waals surface area contributed by atoms with Crippen molar-refractivity contribution >= 4 is 11.8 Å². The summed E-state index contributed by atoms with van der Waals surface area (Å²) in [5, 5.41) is 5.48. The molecule has 0 aliphatic carbocycles. The first-order valence-electron chi connectivity index (χ1n) is 10.7. The molecule has 1 atom stereocenters. The number of rotatable bonds is 5. The van der Waals surface area contributed by atoms with Crippen LogP contribution in [-0.2, 0) is 17.9 Å². The molecule has 9 heteroatoms. The molecular formula is C23H32FN5O3. The monoisotopic (exact) mass is 445 g/mol. The molecule has 2 heterocycles. The van der Waals surface area contributed by atoms with E-state index in [-0.39, 0.29) is 17.4 Å². The van der Waals surface area contributed by atoms with Crippen LogP contribution in [0.2, 0.25) is 0 Å². The van der Waals surface area contributed by atoms with Gasteiger partial charge in [0.2, 0.25) is 5.91 Å². The van der Waals surface area contributed by atoms with Gasteiger partial charge in [0.05, 0.1) is 18.4 Å². The smallest absolute Gasteiger partial charge is 0.272 e. The predicted octanol–water partition coefficient (Wildman–Crippen LogP) is 2.42. The summed E-state index contributed by atoms with van der Waals surface area (Å²) in [6, 6.07) is 3.91. The van der Waals surface area contributed by atoms with Crippen molar-refractivity contribution in [1.29, 1.82) is 0 Å². The SMILES string of the molecule is CNC(=O)C(NC(=O)c1nc(-c2cccc(F)c2OC)n2c1CN(C)CCC2)C(C)(C)C. The van der Waals surface area contributed by atoms with Gasteiger partial charge < -0.3 is 24.8 Å². The summed E-state index contributed by atoms with van der Waals surface area (Å²) in [6.45, 7) is 7.65. The van der Waals surface area contributed by atoms with Crippen molar-refractivity contribution in [3.63, 3.8) is 0 Å². The number of halogens is 1. The van der Waals surface area contributed by atoms with Crippen LogP contribution in [0.5, 0.6) is 5.75 Å². The van der Waals surface area contributed by atoms with Crippen molar-refractivity contribution in [2.24, 2.45) is 5.41 Å². The lowest BCUT2D eigenvalue weighted by Crippen LogP contribution is -2.53. The Morgan fingerprint density at radius 1 is 1.25 bits per heavy atom. The van der Waals surface area contributed by atoms with Crippen molar-refractivity contribution in [3.8, 4) is 17.1 Å². The van der Waals surface area contributed by atoms with Gasteiger partial charge in [-0.25, -0.2) is 9.37 Å². The highest BCUT2D eigenvalue weighted by Crippen LogP contribution is 2.34. The number of likely N-dealkylation sites (N-methyl/N-ethyl adjacent to an activating group) is 1. The maximum atomic E-state index is 14.4. The van der Waals surface area contributed by atoms with Gasteiger partial charge in [0.25, 0.3) is 5.91 Å². The molecule has 174 valence electrons. The zero-order valence-corrected chi connectivity index (χ0v) is 19.6. The summed E-state index contributed by atoms with van der Waals surface area (Å²) in [4.78, 5) is 32.6. The summed E-state index contributed by atoms with van der Waals surface area (Å²) in [5.74, 6) is -0.646. The van der Waals surface area contributed by atoms with Gasteiger partial charge in [0.15, 0.2) is 17.3 Å². The third-order valence-electron chi connectivity index (χ3n) is 5.69. The number of imidazole rings is 1. The van der Waals surface area contributed by atoms with E-state index in [4.69, 9.17) is 4.74 Å². The first kappa shape index (κ1) is 23.7. The molecule has 2 amide bonds. The van der Waals surface area contributed by atoms with E-state index in [0.717, 1.165) is 18.7 Å². The first-order valence-corrected chi connectivity index (χ1v) is 10.7. The number of nitrogens with one attached hydrogen (secondary N) is 2. The fourth-order valence-corrected chi connectivity index (χ4v) is 4.02. The Bertz CT molecular complexity index is 1010. The van der Waals surface area contributed by atoms with Gasteiger partial charge in [0, 0.05) is 20.1 Å². The highest BCUT2D eigenvalue weighted by molar-refractivity contribution is 5.98. The van der Waals surface area contributed by atoms with Crippen LogP contribution in [0.15, 0.2) is 18.2 Å².